The number of methoxy groups -OCH3 is 1. The average Bonchev–Trinajstić information content (AvgIpc) is 3.33. The zero-order chi connectivity index (χ0) is 30.7. The van der Waals surface area contributed by atoms with E-state index in [4.69, 9.17) is 0 Å². The molecular formula is C28H36F2N6O5. The van der Waals surface area contributed by atoms with E-state index in [1.807, 2.05) is 0 Å². The van der Waals surface area contributed by atoms with Gasteiger partial charge in [0.25, 0.3) is 11.5 Å². The predicted octanol–water partition coefficient (Wildman–Crippen LogP) is 3.99. The third-order valence-electron chi connectivity index (χ3n) is 5.94. The van der Waals surface area contributed by atoms with Gasteiger partial charge in [0.05, 0.1) is 24.7 Å². The van der Waals surface area contributed by atoms with E-state index in [0.717, 1.165) is 0 Å². The van der Waals surface area contributed by atoms with Crippen molar-refractivity contribution in [3.8, 4) is 0 Å². The molecule has 0 atom stereocenters. The highest BCUT2D eigenvalue weighted by molar-refractivity contribution is 5.90. The Morgan fingerprint density at radius 2 is 1.90 bits per heavy atom. The Bertz CT molecular complexity index is 1450. The number of aromatic amines is 1. The Kier molecular flexibility index (Phi) is 11.7. The van der Waals surface area contributed by atoms with Crippen LogP contribution in [0, 0.1) is 5.92 Å². The first-order valence-corrected chi connectivity index (χ1v) is 12.8. The number of hydrogen-bond acceptors (Lipinski definition) is 6. The van der Waals surface area contributed by atoms with Crippen LogP contribution in [0.4, 0.5) is 19.3 Å². The van der Waals surface area contributed by atoms with E-state index in [2.05, 4.69) is 25.8 Å². The summed E-state index contributed by atoms with van der Waals surface area (Å²) in [4.78, 5) is 54.9. The van der Waals surface area contributed by atoms with Crippen LogP contribution in [0.15, 0.2) is 53.5 Å². The summed E-state index contributed by atoms with van der Waals surface area (Å²) >= 11 is 0. The number of primary amides is 1. The monoisotopic (exact) mass is 574 g/mol. The number of benzene rings is 1. The molecule has 3 rings (SSSR count). The number of carbonyl (C=O) groups is 3. The Morgan fingerprint density at radius 3 is 2.51 bits per heavy atom. The van der Waals surface area contributed by atoms with Crippen molar-refractivity contribution in [1.29, 1.82) is 0 Å². The standard InChI is InChI=1S/C26H31F2N5O3.C2H5NO2/c1-17(2)26(27,28)18-10-8-11-19-24(18)31-21(29-19)16-33-15-9-12-20(25(33)36)30-22(34)13-6-5-7-14-23(35)32(3)4;1-5-2(3)4/h7-12,14-15,17H,5-6,13,16H2,1-4H3,(H,29,31)(H,30,34);1H3,(H2,3,4)/b14-7+;. The molecule has 0 saturated heterocycles. The molecule has 2 aromatic heterocycles. The number of nitrogens with one attached hydrogen (secondary N) is 2. The van der Waals surface area contributed by atoms with Crippen molar-refractivity contribution in [2.24, 2.45) is 11.7 Å². The number of ether oxygens (including phenoxy) is 1. The topological polar surface area (TPSA) is 152 Å². The number of H-pyrrole nitrogens is 1. The van der Waals surface area contributed by atoms with Gasteiger partial charge in [-0.15, -0.1) is 0 Å². The number of allylic oxidation sites excluding steroid dienone is 1. The highest BCUT2D eigenvalue weighted by Gasteiger charge is 2.37. The lowest BCUT2D eigenvalue weighted by Crippen LogP contribution is -2.26. The lowest BCUT2D eigenvalue weighted by Gasteiger charge is -2.20. The second kappa shape index (κ2) is 14.7. The highest BCUT2D eigenvalue weighted by atomic mass is 19.3. The maximum atomic E-state index is 14.7. The van der Waals surface area contributed by atoms with Gasteiger partial charge in [-0.2, -0.15) is 0 Å². The van der Waals surface area contributed by atoms with Crippen molar-refractivity contribution in [2.45, 2.75) is 45.6 Å². The number of hydrogen-bond donors (Lipinski definition) is 3. The van der Waals surface area contributed by atoms with E-state index in [-0.39, 0.29) is 41.5 Å². The van der Waals surface area contributed by atoms with Crippen molar-refractivity contribution in [3.63, 3.8) is 0 Å². The quantitative estimate of drug-likeness (QED) is 0.246. The SMILES string of the molecule is CC(C)C(F)(F)c1cccc2[nH]c(Cn3cccc(NC(=O)CCC/C=C/C(=O)N(C)C)c3=O)nc12.COC(N)=O. The van der Waals surface area contributed by atoms with E-state index in [1.165, 1.54) is 48.6 Å². The van der Waals surface area contributed by atoms with Crippen molar-refractivity contribution >= 4 is 34.6 Å². The number of likely N-dealkylation sites (N-methyl/N-ethyl adjacent to an activating group) is 1. The predicted molar refractivity (Wildman–Crippen MR) is 152 cm³/mol. The molecule has 4 N–H and O–H groups in total. The molecule has 0 radical (unpaired) electrons. The molecular weight excluding hydrogens is 538 g/mol. The fourth-order valence-corrected chi connectivity index (χ4v) is 3.58. The van der Waals surface area contributed by atoms with Crippen LogP contribution < -0.4 is 16.6 Å². The van der Waals surface area contributed by atoms with Gasteiger partial charge in [-0.05, 0) is 37.1 Å². The second-order valence-corrected chi connectivity index (χ2v) is 9.62. The molecule has 13 heteroatoms. The molecule has 0 saturated carbocycles. The third kappa shape index (κ3) is 9.26. The smallest absolute Gasteiger partial charge is 0.404 e. The van der Waals surface area contributed by atoms with Crippen molar-refractivity contribution in [1.82, 2.24) is 19.4 Å². The molecule has 0 unspecified atom stereocenters. The number of pyridine rings is 1. The summed E-state index contributed by atoms with van der Waals surface area (Å²) in [5.74, 6) is -4.05. The van der Waals surface area contributed by atoms with E-state index in [9.17, 15) is 28.0 Å². The van der Waals surface area contributed by atoms with Gasteiger partial charge in [0.2, 0.25) is 11.8 Å². The number of imidazole rings is 1. The molecule has 3 amide bonds. The summed E-state index contributed by atoms with van der Waals surface area (Å²) < 4.78 is 34.7. The number of nitrogens with zero attached hydrogens (tertiary/aromatic N) is 3. The van der Waals surface area contributed by atoms with Gasteiger partial charge in [0.1, 0.15) is 11.5 Å². The molecule has 222 valence electrons. The fraction of sp³-hybridized carbons (Fsp3) is 0.393. The van der Waals surface area contributed by atoms with Crippen molar-refractivity contribution in [3.05, 3.63) is 70.4 Å². The number of nitrogens with two attached hydrogens (primary N) is 1. The molecule has 2 heterocycles. The first-order valence-electron chi connectivity index (χ1n) is 12.8. The van der Waals surface area contributed by atoms with Crippen molar-refractivity contribution in [2.75, 3.05) is 26.5 Å². The van der Waals surface area contributed by atoms with Crippen LogP contribution in [0.3, 0.4) is 0 Å². The molecule has 11 nitrogen and oxygen atoms in total. The minimum atomic E-state index is -3.05. The van der Waals surface area contributed by atoms with Crippen LogP contribution in [0.2, 0.25) is 0 Å². The molecule has 0 spiro atoms. The number of anilines is 1. The van der Waals surface area contributed by atoms with Crippen LogP contribution >= 0.6 is 0 Å². The lowest BCUT2D eigenvalue weighted by atomic mass is 9.97. The van der Waals surface area contributed by atoms with E-state index >= 15 is 0 Å². The lowest BCUT2D eigenvalue weighted by molar-refractivity contribution is -0.123. The minimum Gasteiger partial charge on any atom is -0.453 e. The van der Waals surface area contributed by atoms with E-state index in [0.29, 0.717) is 24.2 Å². The number of alkyl halides is 2. The summed E-state index contributed by atoms with van der Waals surface area (Å²) in [5, 5.41) is 2.62. The Morgan fingerprint density at radius 1 is 1.22 bits per heavy atom. The number of unbranched alkanes of at least 4 members (excludes halogenated alkanes) is 1. The number of amides is 3. The van der Waals surface area contributed by atoms with Gasteiger partial charge in [-0.1, -0.05) is 32.1 Å². The van der Waals surface area contributed by atoms with Crippen LogP contribution in [0.25, 0.3) is 11.0 Å². The summed E-state index contributed by atoms with van der Waals surface area (Å²) in [7, 11) is 4.54. The highest BCUT2D eigenvalue weighted by Crippen LogP contribution is 2.38. The summed E-state index contributed by atoms with van der Waals surface area (Å²) in [6.07, 6.45) is 5.22. The number of fused-ring (bicyclic) bond motifs is 1. The zero-order valence-electron chi connectivity index (χ0n) is 23.7. The molecule has 0 aliphatic carbocycles. The first-order chi connectivity index (χ1) is 19.3. The van der Waals surface area contributed by atoms with E-state index in [1.54, 1.807) is 44.6 Å². The van der Waals surface area contributed by atoms with Gasteiger partial charge in [-0.25, -0.2) is 18.6 Å². The molecule has 41 heavy (non-hydrogen) atoms. The number of rotatable bonds is 10. The average molecular weight is 575 g/mol. The second-order valence-electron chi connectivity index (χ2n) is 9.62. The Labute approximate surface area is 236 Å². The number of carbonyl (C=O) groups excluding carboxylic acids is 3. The summed E-state index contributed by atoms with van der Waals surface area (Å²) in [5.41, 5.74) is 4.58. The maximum absolute atomic E-state index is 14.7. The largest absolute Gasteiger partial charge is 0.453 e. The zero-order valence-corrected chi connectivity index (χ0v) is 23.7. The van der Waals surface area contributed by atoms with Gasteiger partial charge < -0.3 is 30.2 Å². The van der Waals surface area contributed by atoms with Crippen LogP contribution in [0.5, 0.6) is 0 Å². The minimum absolute atomic E-state index is 0.0224. The van der Waals surface area contributed by atoms with Crippen LogP contribution in [-0.4, -0.2) is 58.5 Å². The van der Waals surface area contributed by atoms with Gasteiger partial charge in [0.15, 0.2) is 0 Å². The maximum Gasteiger partial charge on any atom is 0.404 e. The third-order valence-corrected chi connectivity index (χ3v) is 5.94. The van der Waals surface area contributed by atoms with E-state index < -0.39 is 23.5 Å². The van der Waals surface area contributed by atoms with Gasteiger partial charge >= 0.3 is 6.09 Å². The number of halogens is 2. The molecule has 1 aromatic carbocycles. The molecule has 0 bridgehead atoms. The van der Waals surface area contributed by atoms with Crippen molar-refractivity contribution < 1.29 is 27.9 Å². The molecule has 0 aliphatic rings. The van der Waals surface area contributed by atoms with Crippen LogP contribution in [0.1, 0.15) is 44.5 Å². The summed E-state index contributed by atoms with van der Waals surface area (Å²) in [6.45, 7) is 2.93. The molecule has 0 fully saturated rings. The Balaban J connectivity index is 0.00000108. The fourth-order valence-electron chi connectivity index (χ4n) is 3.58. The molecule has 3 aromatic rings. The Hall–Kier alpha value is -4.55. The van der Waals surface area contributed by atoms with Crippen LogP contribution in [-0.2, 0) is 26.8 Å². The first kappa shape index (κ1) is 32.7. The van der Waals surface area contributed by atoms with Gasteiger partial charge in [-0.3, -0.25) is 14.4 Å². The van der Waals surface area contributed by atoms with Gasteiger partial charge in [0, 0.05) is 38.2 Å². The molecule has 0 aliphatic heterocycles. The number of para-hydroxylation sites is 1. The summed E-state index contributed by atoms with van der Waals surface area (Å²) in [6, 6.07) is 7.70. The number of aromatic nitrogens is 3. The normalized spacial score (nSPS) is 11.3.